The van der Waals surface area contributed by atoms with Gasteiger partial charge in [-0.1, -0.05) is 59.8 Å². The van der Waals surface area contributed by atoms with E-state index in [2.05, 4.69) is 52.2 Å². The third kappa shape index (κ3) is 4.05. The molecule has 1 atom stereocenters. The second-order valence-electron chi connectivity index (χ2n) is 8.57. The number of carbonyl (C=O) groups is 1. The lowest BCUT2D eigenvalue weighted by Gasteiger charge is -2.35. The van der Waals surface area contributed by atoms with E-state index in [0.717, 1.165) is 43.1 Å². The first-order valence-corrected chi connectivity index (χ1v) is 10.7. The molecule has 1 aliphatic carbocycles. The Morgan fingerprint density at radius 2 is 1.73 bits per heavy atom. The van der Waals surface area contributed by atoms with E-state index in [1.165, 1.54) is 11.1 Å². The largest absolute Gasteiger partial charge is 0.390 e. The summed E-state index contributed by atoms with van der Waals surface area (Å²) in [6.45, 7) is 1.97. The quantitative estimate of drug-likeness (QED) is 0.738. The van der Waals surface area contributed by atoms with Crippen molar-refractivity contribution in [3.63, 3.8) is 0 Å². The zero-order valence-electron chi connectivity index (χ0n) is 17.0. The number of urea groups is 1. The van der Waals surface area contributed by atoms with Crippen LogP contribution in [-0.2, 0) is 9.57 Å². The maximum atomic E-state index is 12.1. The molecule has 0 aromatic heterocycles. The van der Waals surface area contributed by atoms with Crippen LogP contribution >= 0.6 is 0 Å². The van der Waals surface area contributed by atoms with Crippen LogP contribution < -0.4 is 10.6 Å². The molecule has 2 saturated heterocycles. The third-order valence-electron chi connectivity index (χ3n) is 6.36. The third-order valence-corrected chi connectivity index (χ3v) is 6.36. The van der Waals surface area contributed by atoms with Gasteiger partial charge in [0.2, 0.25) is 0 Å². The molecule has 0 spiro atoms. The molecule has 3 aliphatic heterocycles. The Morgan fingerprint density at radius 1 is 1.00 bits per heavy atom. The van der Waals surface area contributed by atoms with Crippen LogP contribution in [0.5, 0.6) is 0 Å². The highest BCUT2D eigenvalue weighted by Gasteiger charge is 2.51. The first-order valence-electron chi connectivity index (χ1n) is 10.7. The number of ether oxygens (including phenoxy) is 1. The van der Waals surface area contributed by atoms with Crippen LogP contribution in [0.25, 0.3) is 11.1 Å². The number of rotatable bonds is 7. The average molecular weight is 405 g/mol. The number of hydrogen-bond acceptors (Lipinski definition) is 4. The molecule has 6 rings (SSSR count). The fourth-order valence-corrected chi connectivity index (χ4v) is 4.67. The van der Waals surface area contributed by atoms with Crippen LogP contribution in [0.1, 0.15) is 31.2 Å². The van der Waals surface area contributed by atoms with Crippen molar-refractivity contribution in [2.75, 3.05) is 19.7 Å². The fourth-order valence-electron chi connectivity index (χ4n) is 4.67. The van der Waals surface area contributed by atoms with Crippen molar-refractivity contribution in [1.82, 2.24) is 10.6 Å². The highest BCUT2D eigenvalue weighted by atomic mass is 16.6. The molecule has 0 radical (unpaired) electrons. The van der Waals surface area contributed by atoms with Crippen molar-refractivity contribution in [2.24, 2.45) is 11.1 Å². The number of nitrogens with one attached hydrogen (secondary N) is 2. The molecule has 156 valence electrons. The fraction of sp³-hybridized carbons (Fsp3) is 0.417. The summed E-state index contributed by atoms with van der Waals surface area (Å²) in [4.78, 5) is 17.6. The van der Waals surface area contributed by atoms with Crippen LogP contribution in [-0.4, -0.2) is 43.1 Å². The highest BCUT2D eigenvalue weighted by molar-refractivity contribution is 6.01. The van der Waals surface area contributed by atoms with Gasteiger partial charge < -0.3 is 20.2 Å². The smallest absolute Gasteiger partial charge is 0.314 e. The van der Waals surface area contributed by atoms with E-state index < -0.39 is 0 Å². The normalized spacial score (nSPS) is 26.5. The summed E-state index contributed by atoms with van der Waals surface area (Å²) in [6, 6.07) is 18.5. The average Bonchev–Trinajstić information content (AvgIpc) is 3.49. The number of hydrogen-bond donors (Lipinski definition) is 2. The molecule has 1 saturated carbocycles. The maximum Gasteiger partial charge on any atom is 0.314 e. The predicted octanol–water partition coefficient (Wildman–Crippen LogP) is 3.71. The van der Waals surface area contributed by atoms with E-state index in [4.69, 9.17) is 9.57 Å². The first-order chi connectivity index (χ1) is 14.7. The highest BCUT2D eigenvalue weighted by Crippen LogP contribution is 2.50. The molecule has 2 N–H and O–H groups in total. The molecule has 2 bridgehead atoms. The molecule has 30 heavy (non-hydrogen) atoms. The minimum atomic E-state index is -0.162. The van der Waals surface area contributed by atoms with Gasteiger partial charge in [0.1, 0.15) is 0 Å². The van der Waals surface area contributed by atoms with Gasteiger partial charge in [0.25, 0.3) is 0 Å². The summed E-state index contributed by atoms with van der Waals surface area (Å²) in [5.41, 5.74) is 4.38. The van der Waals surface area contributed by atoms with E-state index >= 15 is 0 Å². The van der Waals surface area contributed by atoms with E-state index in [1.54, 1.807) is 0 Å². The van der Waals surface area contributed by atoms with E-state index in [9.17, 15) is 4.79 Å². The van der Waals surface area contributed by atoms with Crippen molar-refractivity contribution in [1.29, 1.82) is 0 Å². The predicted molar refractivity (Wildman–Crippen MR) is 115 cm³/mol. The Morgan fingerprint density at radius 3 is 2.47 bits per heavy atom. The van der Waals surface area contributed by atoms with Gasteiger partial charge in [-0.25, -0.2) is 4.79 Å². The number of nitrogens with zero attached hydrogens (tertiary/aromatic N) is 1. The van der Waals surface area contributed by atoms with Gasteiger partial charge in [0.05, 0.1) is 24.5 Å². The molecule has 4 aliphatic rings. The number of carbonyl (C=O) groups excluding carboxylic acids is 1. The second-order valence-corrected chi connectivity index (χ2v) is 8.57. The number of benzene rings is 2. The van der Waals surface area contributed by atoms with Crippen molar-refractivity contribution >= 4 is 11.7 Å². The van der Waals surface area contributed by atoms with Gasteiger partial charge in [-0.3, -0.25) is 0 Å². The van der Waals surface area contributed by atoms with Crippen molar-refractivity contribution < 1.29 is 14.4 Å². The topological polar surface area (TPSA) is 72.0 Å². The minimum absolute atomic E-state index is 0.0469. The summed E-state index contributed by atoms with van der Waals surface area (Å²) in [6.07, 6.45) is 3.74. The number of amides is 2. The lowest BCUT2D eigenvalue weighted by Crippen LogP contribution is -2.44. The monoisotopic (exact) mass is 405 g/mol. The Bertz CT molecular complexity index is 915. The molecular weight excluding hydrogens is 378 g/mol. The Hall–Kier alpha value is -2.86. The summed E-state index contributed by atoms with van der Waals surface area (Å²) in [7, 11) is 0. The van der Waals surface area contributed by atoms with Crippen molar-refractivity contribution in [3.8, 4) is 11.1 Å². The molecule has 3 fully saturated rings. The number of oxime groups is 1. The molecule has 2 amide bonds. The van der Waals surface area contributed by atoms with Crippen molar-refractivity contribution in [3.05, 3.63) is 60.2 Å². The van der Waals surface area contributed by atoms with E-state index in [1.807, 2.05) is 18.2 Å². The molecule has 6 heteroatoms. The van der Waals surface area contributed by atoms with Gasteiger partial charge in [-0.2, -0.15) is 0 Å². The van der Waals surface area contributed by atoms with Gasteiger partial charge in [-0.05, 0) is 41.9 Å². The lowest BCUT2D eigenvalue weighted by molar-refractivity contribution is -0.00477. The zero-order chi connectivity index (χ0) is 20.4. The molecular formula is C24H27N3O3. The van der Waals surface area contributed by atoms with Crippen LogP contribution in [0, 0.1) is 5.92 Å². The Labute approximate surface area is 176 Å². The minimum Gasteiger partial charge on any atom is -0.390 e. The summed E-state index contributed by atoms with van der Waals surface area (Å²) in [5.74, 6) is 0.752. The van der Waals surface area contributed by atoms with Crippen LogP contribution in [0.2, 0.25) is 0 Å². The molecule has 6 nitrogen and oxygen atoms in total. The molecule has 3 heterocycles. The Balaban J connectivity index is 1.05. The van der Waals surface area contributed by atoms with E-state index in [0.29, 0.717) is 19.5 Å². The van der Waals surface area contributed by atoms with E-state index in [-0.39, 0.29) is 17.7 Å². The Kier molecular flexibility index (Phi) is 5.17. The number of fused-ring (bicyclic) bond motifs is 1. The maximum absolute atomic E-state index is 12.1. The van der Waals surface area contributed by atoms with Gasteiger partial charge >= 0.3 is 6.03 Å². The molecule has 1 unspecified atom stereocenters. The van der Waals surface area contributed by atoms with Gasteiger partial charge in [-0.15, -0.1) is 0 Å². The van der Waals surface area contributed by atoms with Crippen LogP contribution in [0.3, 0.4) is 0 Å². The molecule has 2 aromatic rings. The van der Waals surface area contributed by atoms with Gasteiger partial charge in [0, 0.05) is 13.0 Å². The SMILES string of the molecule is O=C(NCCC12CC(CO1)C2)NCC1CC(c2ccc(-c3ccccc3)cc2)=NO1. The summed E-state index contributed by atoms with van der Waals surface area (Å²) >= 11 is 0. The lowest BCUT2D eigenvalue weighted by atomic mass is 9.73. The van der Waals surface area contributed by atoms with Crippen LogP contribution in [0.15, 0.2) is 59.8 Å². The standard InChI is InChI=1S/C24H27N3O3/c28-23(25-11-10-24-13-17(14-24)16-29-24)26-15-21-12-22(27-30-21)20-8-6-19(7-9-20)18-4-2-1-3-5-18/h1-9,17,21H,10-16H2,(H2,25,26,28). The van der Waals surface area contributed by atoms with Gasteiger partial charge in [0.15, 0.2) is 6.10 Å². The zero-order valence-corrected chi connectivity index (χ0v) is 17.0. The first kappa shape index (κ1) is 19.1. The second kappa shape index (κ2) is 8.11. The summed E-state index contributed by atoms with van der Waals surface area (Å²) < 4.78 is 5.82. The van der Waals surface area contributed by atoms with Crippen molar-refractivity contribution in [2.45, 2.75) is 37.4 Å². The molecule has 2 aromatic carbocycles. The summed E-state index contributed by atoms with van der Waals surface area (Å²) in [5, 5.41) is 10.0. The van der Waals surface area contributed by atoms with Crippen LogP contribution in [0.4, 0.5) is 4.79 Å².